The van der Waals surface area contributed by atoms with Crippen molar-refractivity contribution in [3.05, 3.63) is 5.56 Å². The van der Waals surface area contributed by atoms with Crippen LogP contribution in [0.15, 0.2) is 0 Å². The Morgan fingerprint density at radius 3 is 2.68 bits per heavy atom. The molecule has 19 heavy (non-hydrogen) atoms. The summed E-state index contributed by atoms with van der Waals surface area (Å²) in [5.74, 6) is 0.336. The molecule has 1 aromatic rings. The number of esters is 1. The van der Waals surface area contributed by atoms with Crippen LogP contribution in [0.2, 0.25) is 0 Å². The predicted molar refractivity (Wildman–Crippen MR) is 79.6 cm³/mol. The molecule has 0 aliphatic carbocycles. The molecule has 0 bridgehead atoms. The Balaban J connectivity index is 2.83. The van der Waals surface area contributed by atoms with Gasteiger partial charge in [0, 0.05) is 6.54 Å². The van der Waals surface area contributed by atoms with Crippen molar-refractivity contribution in [2.45, 2.75) is 34.6 Å². The lowest BCUT2D eigenvalue weighted by Crippen LogP contribution is -2.28. The zero-order valence-electron chi connectivity index (χ0n) is 12.2. The highest BCUT2D eigenvalue weighted by Gasteiger charge is 2.25. The molecule has 0 amide bonds. The summed E-state index contributed by atoms with van der Waals surface area (Å²) in [5.41, 5.74) is 6.20. The van der Waals surface area contributed by atoms with E-state index >= 15 is 0 Å². The molecule has 0 aromatic carbocycles. The number of aromatic nitrogens is 1. The molecule has 0 aliphatic heterocycles. The Labute approximate surface area is 118 Å². The predicted octanol–water partition coefficient (Wildman–Crippen LogP) is 3.00. The maximum absolute atomic E-state index is 11.8. The Morgan fingerprint density at radius 1 is 1.53 bits per heavy atom. The van der Waals surface area contributed by atoms with Crippen molar-refractivity contribution in [2.75, 3.05) is 24.2 Å². The van der Waals surface area contributed by atoms with E-state index in [9.17, 15) is 4.79 Å². The third-order valence-electron chi connectivity index (χ3n) is 3.47. The molecule has 6 heteroatoms. The molecule has 1 heterocycles. The number of nitrogen functional groups attached to an aromatic ring is 1. The number of nitrogens with one attached hydrogen (secondary N) is 1. The summed E-state index contributed by atoms with van der Waals surface area (Å²) < 4.78 is 9.02. The van der Waals surface area contributed by atoms with Gasteiger partial charge < -0.3 is 15.8 Å². The highest BCUT2D eigenvalue weighted by molar-refractivity contribution is 7.11. The van der Waals surface area contributed by atoms with Gasteiger partial charge in [-0.15, -0.1) is 0 Å². The fourth-order valence-electron chi connectivity index (χ4n) is 1.34. The third-order valence-corrected chi connectivity index (χ3v) is 4.28. The van der Waals surface area contributed by atoms with Crippen molar-refractivity contribution < 1.29 is 9.53 Å². The summed E-state index contributed by atoms with van der Waals surface area (Å²) in [4.78, 5) is 11.8. The smallest absolute Gasteiger partial charge is 0.344 e. The van der Waals surface area contributed by atoms with E-state index in [0.717, 1.165) is 6.54 Å². The van der Waals surface area contributed by atoms with Crippen molar-refractivity contribution in [2.24, 2.45) is 11.3 Å². The number of nitrogens with zero attached hydrogens (tertiary/aromatic N) is 1. The highest BCUT2D eigenvalue weighted by atomic mass is 32.1. The summed E-state index contributed by atoms with van der Waals surface area (Å²) in [6.07, 6.45) is 0. The number of carbonyl (C=O) groups is 1. The zero-order chi connectivity index (χ0) is 14.6. The minimum atomic E-state index is -0.418. The maximum atomic E-state index is 11.8. The monoisotopic (exact) mass is 285 g/mol. The fourth-order valence-corrected chi connectivity index (χ4v) is 2.03. The summed E-state index contributed by atoms with van der Waals surface area (Å²) >= 11 is 1.20. The molecular formula is C13H23N3O2S. The van der Waals surface area contributed by atoms with Crippen molar-refractivity contribution in [1.82, 2.24) is 4.37 Å². The summed E-state index contributed by atoms with van der Waals surface area (Å²) in [6.45, 7) is 11.6. The van der Waals surface area contributed by atoms with Crippen molar-refractivity contribution >= 4 is 28.3 Å². The van der Waals surface area contributed by atoms with Crippen LogP contribution in [0.1, 0.15) is 45.0 Å². The molecule has 0 atom stereocenters. The Hall–Kier alpha value is -1.30. The average molecular weight is 285 g/mol. The molecule has 0 radical (unpaired) electrons. The normalized spacial score (nSPS) is 11.7. The molecule has 1 rings (SSSR count). The van der Waals surface area contributed by atoms with E-state index in [1.807, 2.05) is 0 Å². The second-order valence-electron chi connectivity index (χ2n) is 5.49. The van der Waals surface area contributed by atoms with Gasteiger partial charge in [0.15, 0.2) is 5.82 Å². The first-order valence-electron chi connectivity index (χ1n) is 6.45. The molecular weight excluding hydrogens is 262 g/mol. The number of anilines is 2. The molecule has 0 saturated carbocycles. The first-order chi connectivity index (χ1) is 8.79. The molecule has 0 fully saturated rings. The minimum Gasteiger partial charge on any atom is -0.462 e. The standard InChI is InChI=1S/C13H23N3O2S/c1-6-18-12(17)9-10(14)16-19-11(9)15-7-13(4,5)8(2)3/h8,15H,6-7H2,1-5H3,(H2,14,16). The summed E-state index contributed by atoms with van der Waals surface area (Å²) in [5, 5.41) is 3.96. The van der Waals surface area contributed by atoms with E-state index < -0.39 is 5.97 Å². The van der Waals surface area contributed by atoms with Crippen LogP contribution in [0.25, 0.3) is 0 Å². The van der Waals surface area contributed by atoms with Crippen molar-refractivity contribution in [1.29, 1.82) is 0 Å². The van der Waals surface area contributed by atoms with Crippen LogP contribution in [0.5, 0.6) is 0 Å². The summed E-state index contributed by atoms with van der Waals surface area (Å²) in [7, 11) is 0. The van der Waals surface area contributed by atoms with Gasteiger partial charge in [-0.1, -0.05) is 27.7 Å². The second-order valence-corrected chi connectivity index (χ2v) is 6.26. The van der Waals surface area contributed by atoms with Gasteiger partial charge in [-0.3, -0.25) is 0 Å². The van der Waals surface area contributed by atoms with E-state index in [4.69, 9.17) is 10.5 Å². The Morgan fingerprint density at radius 2 is 2.16 bits per heavy atom. The zero-order valence-corrected chi connectivity index (χ0v) is 13.1. The van der Waals surface area contributed by atoms with Gasteiger partial charge in [-0.25, -0.2) is 4.79 Å². The number of carbonyl (C=O) groups excluding carboxylic acids is 1. The quantitative estimate of drug-likeness (QED) is 0.786. The van der Waals surface area contributed by atoms with E-state index in [0.29, 0.717) is 23.1 Å². The molecule has 1 aromatic heterocycles. The van der Waals surface area contributed by atoms with Gasteiger partial charge in [0.2, 0.25) is 0 Å². The molecule has 0 aliphatic rings. The molecule has 3 N–H and O–H groups in total. The third kappa shape index (κ3) is 3.83. The topological polar surface area (TPSA) is 77.2 Å². The van der Waals surface area contributed by atoms with Gasteiger partial charge in [-0.05, 0) is 29.8 Å². The molecule has 108 valence electrons. The first kappa shape index (κ1) is 15.8. The number of ether oxygens (including phenoxy) is 1. The largest absolute Gasteiger partial charge is 0.462 e. The van der Waals surface area contributed by atoms with E-state index in [2.05, 4.69) is 37.4 Å². The summed E-state index contributed by atoms with van der Waals surface area (Å²) in [6, 6.07) is 0. The fraction of sp³-hybridized carbons (Fsp3) is 0.692. The SMILES string of the molecule is CCOC(=O)c1c(N)nsc1NCC(C)(C)C(C)C. The van der Waals surface area contributed by atoms with E-state index in [1.54, 1.807) is 6.92 Å². The van der Waals surface area contributed by atoms with Crippen LogP contribution >= 0.6 is 11.5 Å². The minimum absolute atomic E-state index is 0.116. The van der Waals surface area contributed by atoms with Crippen molar-refractivity contribution in [3.8, 4) is 0 Å². The van der Waals surface area contributed by atoms with Crippen LogP contribution in [0.3, 0.4) is 0 Å². The van der Waals surface area contributed by atoms with Crippen LogP contribution < -0.4 is 11.1 Å². The lowest BCUT2D eigenvalue weighted by atomic mass is 9.81. The van der Waals surface area contributed by atoms with Crippen LogP contribution in [0, 0.1) is 11.3 Å². The number of nitrogens with two attached hydrogens (primary N) is 1. The second kappa shape index (κ2) is 6.23. The van der Waals surface area contributed by atoms with Gasteiger partial charge in [0.25, 0.3) is 0 Å². The number of hydrogen-bond donors (Lipinski definition) is 2. The van der Waals surface area contributed by atoms with Crippen LogP contribution in [-0.4, -0.2) is 23.5 Å². The number of hydrogen-bond acceptors (Lipinski definition) is 6. The molecule has 5 nitrogen and oxygen atoms in total. The highest BCUT2D eigenvalue weighted by Crippen LogP contribution is 2.31. The van der Waals surface area contributed by atoms with Gasteiger partial charge >= 0.3 is 5.97 Å². The molecule has 0 saturated heterocycles. The van der Waals surface area contributed by atoms with Crippen molar-refractivity contribution in [3.63, 3.8) is 0 Å². The number of rotatable bonds is 6. The average Bonchev–Trinajstić information content (AvgIpc) is 2.68. The Bertz CT molecular complexity index is 441. The Kier molecular flexibility index (Phi) is 5.17. The van der Waals surface area contributed by atoms with Gasteiger partial charge in [-0.2, -0.15) is 4.37 Å². The molecule has 0 spiro atoms. The van der Waals surface area contributed by atoms with Gasteiger partial charge in [0.1, 0.15) is 10.6 Å². The van der Waals surface area contributed by atoms with Crippen LogP contribution in [-0.2, 0) is 4.74 Å². The van der Waals surface area contributed by atoms with Crippen LogP contribution in [0.4, 0.5) is 10.8 Å². The van der Waals surface area contributed by atoms with E-state index in [1.165, 1.54) is 11.5 Å². The van der Waals surface area contributed by atoms with Gasteiger partial charge in [0.05, 0.1) is 6.61 Å². The molecule has 0 unspecified atom stereocenters. The van der Waals surface area contributed by atoms with E-state index in [-0.39, 0.29) is 11.2 Å². The first-order valence-corrected chi connectivity index (χ1v) is 7.23. The lowest BCUT2D eigenvalue weighted by molar-refractivity contribution is 0.0529. The lowest BCUT2D eigenvalue weighted by Gasteiger charge is -2.29. The maximum Gasteiger partial charge on any atom is 0.344 e.